The lowest BCUT2D eigenvalue weighted by molar-refractivity contribution is -0.0452. The molecule has 1 heteroatoms. The summed E-state index contributed by atoms with van der Waals surface area (Å²) in [6.45, 7) is 0. The van der Waals surface area contributed by atoms with Crippen molar-refractivity contribution in [1.29, 1.82) is 0 Å². The van der Waals surface area contributed by atoms with E-state index in [4.69, 9.17) is 4.74 Å². The molecule has 0 spiro atoms. The molecule has 0 radical (unpaired) electrons. The monoisotopic (exact) mass is 372 g/mol. The summed E-state index contributed by atoms with van der Waals surface area (Å²) in [4.78, 5) is 0. The maximum atomic E-state index is 7.36. The van der Waals surface area contributed by atoms with Crippen molar-refractivity contribution >= 4 is 0 Å². The summed E-state index contributed by atoms with van der Waals surface area (Å²) in [6, 6.07) is 39.5. The van der Waals surface area contributed by atoms with E-state index in [0.29, 0.717) is 11.8 Å². The molecule has 2 bridgehead atoms. The first-order valence-electron chi connectivity index (χ1n) is 10.4. The fourth-order valence-corrected chi connectivity index (χ4v) is 6.36. The Kier molecular flexibility index (Phi) is 2.85. The molecule has 0 unspecified atom stereocenters. The third-order valence-electron chi connectivity index (χ3n) is 7.33. The lowest BCUT2D eigenvalue weighted by atomic mass is 9.50. The second-order valence-corrected chi connectivity index (χ2v) is 8.44. The highest BCUT2D eigenvalue weighted by molar-refractivity contribution is 5.68. The predicted molar refractivity (Wildman–Crippen MR) is 114 cm³/mol. The first-order chi connectivity index (χ1) is 14.4. The molecule has 29 heavy (non-hydrogen) atoms. The number of fused-ring (bicyclic) bond motifs is 11. The van der Waals surface area contributed by atoms with Crippen LogP contribution in [0.1, 0.15) is 45.2 Å². The quantitative estimate of drug-likeness (QED) is 0.413. The van der Waals surface area contributed by atoms with E-state index in [1.807, 2.05) is 0 Å². The van der Waals surface area contributed by atoms with E-state index in [1.54, 1.807) is 0 Å². The van der Waals surface area contributed by atoms with Gasteiger partial charge in [-0.2, -0.15) is 0 Å². The minimum atomic E-state index is -0.438. The average Bonchev–Trinajstić information content (AvgIpc) is 3.24. The fraction of sp³-hybridized carbons (Fsp3) is 0.143. The van der Waals surface area contributed by atoms with E-state index in [2.05, 4.69) is 109 Å². The topological polar surface area (TPSA) is 9.23 Å². The van der Waals surface area contributed by atoms with Crippen molar-refractivity contribution in [2.45, 2.75) is 23.0 Å². The Morgan fingerprint density at radius 1 is 0.448 bits per heavy atom. The van der Waals surface area contributed by atoms with Gasteiger partial charge < -0.3 is 4.74 Å². The van der Waals surface area contributed by atoms with Crippen LogP contribution in [0.4, 0.5) is 0 Å². The van der Waals surface area contributed by atoms with Gasteiger partial charge in [0, 0.05) is 11.8 Å². The second-order valence-electron chi connectivity index (χ2n) is 8.44. The predicted octanol–water partition coefficient (Wildman–Crippen LogP) is 6.10. The van der Waals surface area contributed by atoms with Gasteiger partial charge in [0.05, 0.1) is 0 Å². The summed E-state index contributed by atoms with van der Waals surface area (Å²) < 4.78 is 7.36. The molecule has 1 saturated heterocycles. The molecule has 7 rings (SSSR count). The van der Waals surface area contributed by atoms with Crippen molar-refractivity contribution in [3.8, 4) is 0 Å². The lowest BCUT2D eigenvalue weighted by Crippen LogP contribution is -2.44. The van der Waals surface area contributed by atoms with Crippen LogP contribution in [0, 0.1) is 0 Å². The van der Waals surface area contributed by atoms with Gasteiger partial charge in [-0.05, 0) is 33.4 Å². The van der Waals surface area contributed by atoms with Crippen molar-refractivity contribution in [1.82, 2.24) is 0 Å². The van der Waals surface area contributed by atoms with Gasteiger partial charge in [0.2, 0.25) is 0 Å². The Balaban J connectivity index is 1.62. The maximum Gasteiger partial charge on any atom is 0.128 e. The van der Waals surface area contributed by atoms with Crippen molar-refractivity contribution in [2.75, 3.05) is 0 Å². The molecule has 4 aromatic rings. The standard InChI is InChI=1S/C28H20O/c1-3-11-19(12-4-1)27-23-17-9-10-18-24(23)28(29-27,20-13-5-2-6-14-20)26-22-16-8-7-15-21(22)25(26)27/h1-18,25-26H/t25-,26+,27+,28-. The van der Waals surface area contributed by atoms with Gasteiger partial charge >= 0.3 is 0 Å². The lowest BCUT2D eigenvalue weighted by Gasteiger charge is -2.49. The third kappa shape index (κ3) is 1.64. The van der Waals surface area contributed by atoms with Gasteiger partial charge in [-0.3, -0.25) is 0 Å². The molecule has 1 fully saturated rings. The normalized spacial score (nSPS) is 30.2. The zero-order chi connectivity index (χ0) is 19.1. The molecule has 4 atom stereocenters. The molecule has 2 aliphatic heterocycles. The number of hydrogen-bond acceptors (Lipinski definition) is 1. The minimum Gasteiger partial charge on any atom is -0.348 e. The Morgan fingerprint density at radius 3 is 1.28 bits per heavy atom. The molecule has 1 aliphatic carbocycles. The van der Waals surface area contributed by atoms with Crippen LogP contribution in [0.5, 0.6) is 0 Å². The zero-order valence-electron chi connectivity index (χ0n) is 16.0. The van der Waals surface area contributed by atoms with Gasteiger partial charge in [-0.25, -0.2) is 0 Å². The van der Waals surface area contributed by atoms with Gasteiger partial charge in [0.1, 0.15) is 11.2 Å². The van der Waals surface area contributed by atoms with Gasteiger partial charge in [-0.1, -0.05) is 109 Å². The van der Waals surface area contributed by atoms with E-state index in [9.17, 15) is 0 Å². The van der Waals surface area contributed by atoms with E-state index >= 15 is 0 Å². The van der Waals surface area contributed by atoms with Crippen LogP contribution in [0.25, 0.3) is 0 Å². The van der Waals surface area contributed by atoms with Crippen LogP contribution < -0.4 is 0 Å². The van der Waals surface area contributed by atoms with Crippen molar-refractivity contribution in [3.05, 3.63) is 143 Å². The van der Waals surface area contributed by atoms with Crippen LogP contribution in [0.3, 0.4) is 0 Å². The SMILES string of the molecule is c1ccc([C@]23O[C@](c4ccccc4)(c4ccccc42)[C@H]2c4ccccc4[C@H]23)cc1. The van der Waals surface area contributed by atoms with Crippen LogP contribution in [-0.2, 0) is 15.9 Å². The number of ether oxygens (including phenoxy) is 1. The zero-order valence-corrected chi connectivity index (χ0v) is 16.0. The van der Waals surface area contributed by atoms with Crippen molar-refractivity contribution < 1.29 is 4.74 Å². The smallest absolute Gasteiger partial charge is 0.128 e. The molecule has 0 amide bonds. The molecule has 3 aliphatic rings. The van der Waals surface area contributed by atoms with Crippen LogP contribution in [0.15, 0.2) is 109 Å². The highest BCUT2D eigenvalue weighted by atomic mass is 16.5. The van der Waals surface area contributed by atoms with Gasteiger partial charge in [0.15, 0.2) is 0 Å². The summed E-state index contributed by atoms with van der Waals surface area (Å²) in [6.07, 6.45) is 0. The van der Waals surface area contributed by atoms with Crippen LogP contribution in [-0.4, -0.2) is 0 Å². The summed E-state index contributed by atoms with van der Waals surface area (Å²) in [5.74, 6) is 0.660. The maximum absolute atomic E-state index is 7.36. The average molecular weight is 372 g/mol. The van der Waals surface area contributed by atoms with E-state index in [-0.39, 0.29) is 0 Å². The first-order valence-corrected chi connectivity index (χ1v) is 10.4. The minimum absolute atomic E-state index is 0.330. The molecule has 1 nitrogen and oxygen atoms in total. The number of hydrogen-bond donors (Lipinski definition) is 0. The number of rotatable bonds is 2. The van der Waals surface area contributed by atoms with Crippen LogP contribution >= 0.6 is 0 Å². The third-order valence-corrected chi connectivity index (χ3v) is 7.33. The Hall–Kier alpha value is -3.16. The Bertz CT molecular complexity index is 1150. The Labute approximate surface area is 170 Å². The first kappa shape index (κ1) is 15.7. The highest BCUT2D eigenvalue weighted by Crippen LogP contribution is 2.78. The molecular weight excluding hydrogens is 352 g/mol. The fourth-order valence-electron chi connectivity index (χ4n) is 6.36. The van der Waals surface area contributed by atoms with E-state index in [0.717, 1.165) is 0 Å². The summed E-state index contributed by atoms with van der Waals surface area (Å²) in [5.41, 5.74) is 7.16. The molecule has 0 saturated carbocycles. The van der Waals surface area contributed by atoms with E-state index in [1.165, 1.54) is 33.4 Å². The Morgan fingerprint density at radius 2 is 0.828 bits per heavy atom. The van der Waals surface area contributed by atoms with Crippen molar-refractivity contribution in [2.24, 2.45) is 0 Å². The summed E-state index contributed by atoms with van der Waals surface area (Å²) >= 11 is 0. The molecule has 0 aromatic heterocycles. The van der Waals surface area contributed by atoms with E-state index < -0.39 is 11.2 Å². The molecular formula is C28H20O. The number of benzene rings is 4. The molecule has 2 heterocycles. The molecule has 4 aromatic carbocycles. The highest BCUT2D eigenvalue weighted by Gasteiger charge is 2.75. The summed E-state index contributed by atoms with van der Waals surface area (Å²) in [7, 11) is 0. The molecule has 138 valence electrons. The van der Waals surface area contributed by atoms with Crippen molar-refractivity contribution in [3.63, 3.8) is 0 Å². The largest absolute Gasteiger partial charge is 0.348 e. The second kappa shape index (κ2) is 5.25. The van der Waals surface area contributed by atoms with Gasteiger partial charge in [-0.15, -0.1) is 0 Å². The molecule has 0 N–H and O–H groups in total. The summed E-state index contributed by atoms with van der Waals surface area (Å²) in [5, 5.41) is 0. The van der Waals surface area contributed by atoms with Crippen LogP contribution in [0.2, 0.25) is 0 Å². The van der Waals surface area contributed by atoms with Gasteiger partial charge in [0.25, 0.3) is 0 Å².